The SMILES string of the molecule is CCc1ccc(-c2cc(C(F)(F)F)on2)cc1S(=O)(=O)NCc1ccc2c(c1)OCO2. The van der Waals surface area contributed by atoms with Gasteiger partial charge in [-0.1, -0.05) is 30.3 Å². The molecule has 0 radical (unpaired) electrons. The maximum Gasteiger partial charge on any atom is 0.452 e. The first-order valence-corrected chi connectivity index (χ1v) is 10.7. The predicted octanol–water partition coefficient (Wildman–Crippen LogP) is 4.13. The lowest BCUT2D eigenvalue weighted by atomic mass is 10.1. The Morgan fingerprint density at radius 2 is 1.84 bits per heavy atom. The van der Waals surface area contributed by atoms with Crippen molar-refractivity contribution < 1.29 is 35.6 Å². The summed E-state index contributed by atoms with van der Waals surface area (Å²) in [6, 6.07) is 10.2. The molecule has 0 fully saturated rings. The molecule has 1 aromatic heterocycles. The van der Waals surface area contributed by atoms with E-state index in [0.29, 0.717) is 29.0 Å². The topological polar surface area (TPSA) is 90.7 Å². The fourth-order valence-electron chi connectivity index (χ4n) is 3.11. The molecule has 0 unspecified atom stereocenters. The van der Waals surface area contributed by atoms with Crippen LogP contribution in [0, 0.1) is 0 Å². The van der Waals surface area contributed by atoms with Crippen LogP contribution in [0.3, 0.4) is 0 Å². The number of rotatable bonds is 6. The molecule has 2 heterocycles. The summed E-state index contributed by atoms with van der Waals surface area (Å²) in [5, 5.41) is 3.42. The maximum atomic E-state index is 13.0. The van der Waals surface area contributed by atoms with Crippen LogP contribution in [0.15, 0.2) is 51.9 Å². The van der Waals surface area contributed by atoms with Crippen molar-refractivity contribution in [3.8, 4) is 22.8 Å². The van der Waals surface area contributed by atoms with E-state index in [1.54, 1.807) is 31.2 Å². The Labute approximate surface area is 175 Å². The van der Waals surface area contributed by atoms with Gasteiger partial charge in [-0.05, 0) is 35.7 Å². The summed E-state index contributed by atoms with van der Waals surface area (Å²) in [7, 11) is -3.97. The summed E-state index contributed by atoms with van der Waals surface area (Å²) in [4.78, 5) is -0.0372. The Bertz CT molecular complexity index is 1220. The number of ether oxygens (including phenoxy) is 2. The largest absolute Gasteiger partial charge is 0.454 e. The van der Waals surface area contributed by atoms with Crippen LogP contribution >= 0.6 is 0 Å². The second-order valence-corrected chi connectivity index (χ2v) is 8.50. The predicted molar refractivity (Wildman–Crippen MR) is 103 cm³/mol. The van der Waals surface area contributed by atoms with Gasteiger partial charge in [-0.2, -0.15) is 13.2 Å². The molecule has 0 bridgehead atoms. The number of fused-ring (bicyclic) bond motifs is 1. The zero-order chi connectivity index (χ0) is 22.2. The highest BCUT2D eigenvalue weighted by atomic mass is 32.2. The minimum atomic E-state index is -4.68. The van der Waals surface area contributed by atoms with Crippen molar-refractivity contribution in [1.82, 2.24) is 9.88 Å². The number of hydrogen-bond acceptors (Lipinski definition) is 6. The molecule has 4 rings (SSSR count). The molecular weight excluding hydrogens is 437 g/mol. The van der Waals surface area contributed by atoms with Crippen LogP contribution in [-0.4, -0.2) is 20.4 Å². The molecule has 164 valence electrons. The summed E-state index contributed by atoms with van der Waals surface area (Å²) in [6.45, 7) is 1.88. The molecule has 0 saturated heterocycles. The van der Waals surface area contributed by atoms with Gasteiger partial charge in [0.25, 0.3) is 0 Å². The van der Waals surface area contributed by atoms with E-state index in [1.807, 2.05) is 0 Å². The summed E-state index contributed by atoms with van der Waals surface area (Å²) < 4.78 is 81.7. The number of sulfonamides is 1. The third-order valence-corrected chi connectivity index (χ3v) is 6.21. The van der Waals surface area contributed by atoms with E-state index in [0.717, 1.165) is 6.07 Å². The first kappa shape index (κ1) is 21.2. The van der Waals surface area contributed by atoms with Gasteiger partial charge in [0.2, 0.25) is 22.6 Å². The minimum Gasteiger partial charge on any atom is -0.454 e. The van der Waals surface area contributed by atoms with Crippen LogP contribution in [0.1, 0.15) is 23.8 Å². The van der Waals surface area contributed by atoms with Crippen molar-refractivity contribution >= 4 is 10.0 Å². The van der Waals surface area contributed by atoms with Crippen molar-refractivity contribution in [2.45, 2.75) is 31.0 Å². The number of halogens is 3. The van der Waals surface area contributed by atoms with E-state index in [4.69, 9.17) is 9.47 Å². The molecular formula is C20H17F3N2O5S. The third kappa shape index (κ3) is 4.37. The number of aromatic nitrogens is 1. The lowest BCUT2D eigenvalue weighted by molar-refractivity contribution is -0.155. The molecule has 0 spiro atoms. The molecule has 31 heavy (non-hydrogen) atoms. The van der Waals surface area contributed by atoms with E-state index in [2.05, 4.69) is 14.4 Å². The van der Waals surface area contributed by atoms with Gasteiger partial charge < -0.3 is 14.0 Å². The summed E-state index contributed by atoms with van der Waals surface area (Å²) in [5.74, 6) is -0.148. The second-order valence-electron chi connectivity index (χ2n) is 6.76. The first-order valence-electron chi connectivity index (χ1n) is 9.23. The fraction of sp³-hybridized carbons (Fsp3) is 0.250. The zero-order valence-electron chi connectivity index (χ0n) is 16.2. The van der Waals surface area contributed by atoms with Gasteiger partial charge in [-0.15, -0.1) is 0 Å². The summed E-state index contributed by atoms with van der Waals surface area (Å²) in [5.41, 5.74) is 1.26. The lowest BCUT2D eigenvalue weighted by Gasteiger charge is -2.12. The van der Waals surface area contributed by atoms with Crippen molar-refractivity contribution in [3.05, 3.63) is 59.4 Å². The van der Waals surface area contributed by atoms with E-state index in [1.165, 1.54) is 12.1 Å². The highest BCUT2D eigenvalue weighted by molar-refractivity contribution is 7.89. The zero-order valence-corrected chi connectivity index (χ0v) is 17.0. The summed E-state index contributed by atoms with van der Waals surface area (Å²) >= 11 is 0. The molecule has 0 amide bonds. The van der Waals surface area contributed by atoms with Gasteiger partial charge in [-0.3, -0.25) is 0 Å². The van der Waals surface area contributed by atoms with Crippen LogP contribution in [0.4, 0.5) is 13.2 Å². The molecule has 2 aromatic carbocycles. The van der Waals surface area contributed by atoms with Gasteiger partial charge in [0.1, 0.15) is 5.69 Å². The van der Waals surface area contributed by atoms with Crippen molar-refractivity contribution in [1.29, 1.82) is 0 Å². The molecule has 1 aliphatic rings. The van der Waals surface area contributed by atoms with Crippen LogP contribution < -0.4 is 14.2 Å². The average molecular weight is 454 g/mol. The number of hydrogen-bond donors (Lipinski definition) is 1. The van der Waals surface area contributed by atoms with Gasteiger partial charge >= 0.3 is 6.18 Å². The van der Waals surface area contributed by atoms with E-state index in [9.17, 15) is 21.6 Å². The van der Waals surface area contributed by atoms with Crippen molar-refractivity contribution in [2.75, 3.05) is 6.79 Å². The molecule has 0 saturated carbocycles. The Morgan fingerprint density at radius 3 is 2.55 bits per heavy atom. The lowest BCUT2D eigenvalue weighted by Crippen LogP contribution is -2.24. The summed E-state index contributed by atoms with van der Waals surface area (Å²) in [6.07, 6.45) is -4.27. The Balaban J connectivity index is 1.61. The number of aryl methyl sites for hydroxylation is 1. The number of alkyl halides is 3. The maximum absolute atomic E-state index is 13.0. The number of nitrogens with one attached hydrogen (secondary N) is 1. The van der Waals surface area contributed by atoms with Crippen LogP contribution in [0.2, 0.25) is 0 Å². The number of benzene rings is 2. The van der Waals surface area contributed by atoms with Crippen LogP contribution in [0.5, 0.6) is 11.5 Å². The smallest absolute Gasteiger partial charge is 0.452 e. The quantitative estimate of drug-likeness (QED) is 0.602. The van der Waals surface area contributed by atoms with Gasteiger partial charge in [-0.25, -0.2) is 13.1 Å². The van der Waals surface area contributed by atoms with Crippen LogP contribution in [-0.2, 0) is 29.2 Å². The minimum absolute atomic E-state index is 0.00542. The average Bonchev–Trinajstić information content (AvgIpc) is 3.41. The van der Waals surface area contributed by atoms with E-state index in [-0.39, 0.29) is 29.5 Å². The molecule has 0 aliphatic carbocycles. The fourth-order valence-corrected chi connectivity index (χ4v) is 4.46. The van der Waals surface area contributed by atoms with Crippen LogP contribution in [0.25, 0.3) is 11.3 Å². The van der Waals surface area contributed by atoms with Crippen molar-refractivity contribution in [3.63, 3.8) is 0 Å². The molecule has 1 aliphatic heterocycles. The molecule has 11 heteroatoms. The van der Waals surface area contributed by atoms with Gasteiger partial charge in [0.15, 0.2) is 11.5 Å². The standard InChI is InChI=1S/C20H17F3N2O5S/c1-2-13-4-5-14(15-9-19(30-25-15)20(21,22)23)8-18(13)31(26,27)24-10-12-3-6-16-17(7-12)29-11-28-16/h3-9,24H,2,10-11H2,1H3. The Morgan fingerprint density at radius 1 is 1.06 bits per heavy atom. The van der Waals surface area contributed by atoms with E-state index < -0.39 is 22.0 Å². The number of nitrogens with zero attached hydrogens (tertiary/aromatic N) is 1. The highest BCUT2D eigenvalue weighted by Crippen LogP contribution is 2.34. The van der Waals surface area contributed by atoms with Gasteiger partial charge in [0.05, 0.1) is 4.90 Å². The Kier molecular flexibility index (Phi) is 5.40. The van der Waals surface area contributed by atoms with Gasteiger partial charge in [0, 0.05) is 18.2 Å². The monoisotopic (exact) mass is 454 g/mol. The first-order chi connectivity index (χ1) is 14.7. The molecule has 1 N–H and O–H groups in total. The molecule has 3 aromatic rings. The molecule has 7 nitrogen and oxygen atoms in total. The Hall–Kier alpha value is -3.05. The highest BCUT2D eigenvalue weighted by Gasteiger charge is 2.36. The third-order valence-electron chi connectivity index (χ3n) is 4.73. The van der Waals surface area contributed by atoms with E-state index >= 15 is 0 Å². The normalized spacial score (nSPS) is 13.5. The second kappa shape index (κ2) is 7.89. The molecule has 0 atom stereocenters. The van der Waals surface area contributed by atoms with Crippen molar-refractivity contribution in [2.24, 2.45) is 0 Å².